The monoisotopic (exact) mass is 628 g/mol. The molecule has 0 unspecified atom stereocenters. The first-order valence-electron chi connectivity index (χ1n) is 15.6. The Morgan fingerprint density at radius 1 is 0.630 bits per heavy atom. The molecule has 0 bridgehead atoms. The molecule has 246 valence electrons. The van der Waals surface area contributed by atoms with E-state index in [9.17, 15) is 9.59 Å². The Kier molecular flexibility index (Phi) is 9.22. The van der Waals surface area contributed by atoms with Gasteiger partial charge in [-0.1, -0.05) is 53.4 Å². The number of fused-ring (bicyclic) bond motifs is 2. The van der Waals surface area contributed by atoms with E-state index in [1.165, 1.54) is 0 Å². The van der Waals surface area contributed by atoms with Crippen LogP contribution in [0.3, 0.4) is 0 Å². The van der Waals surface area contributed by atoms with Crippen LogP contribution in [-0.2, 0) is 9.47 Å². The van der Waals surface area contributed by atoms with Gasteiger partial charge in [-0.3, -0.25) is 0 Å². The van der Waals surface area contributed by atoms with Crippen molar-refractivity contribution in [1.29, 1.82) is 0 Å². The van der Waals surface area contributed by atoms with Crippen molar-refractivity contribution in [3.63, 3.8) is 0 Å². The average molecular weight is 629 g/mol. The van der Waals surface area contributed by atoms with Crippen LogP contribution in [0.25, 0.3) is 22.1 Å². The molecule has 0 saturated carbocycles. The minimum atomic E-state index is -0.605. The number of amides is 2. The van der Waals surface area contributed by atoms with E-state index < -0.39 is 35.5 Å². The summed E-state index contributed by atoms with van der Waals surface area (Å²) in [5.41, 5.74) is 2.97. The van der Waals surface area contributed by atoms with Crippen molar-refractivity contribution in [3.8, 4) is 11.8 Å². The fourth-order valence-corrected chi connectivity index (χ4v) is 4.87. The first kappa shape index (κ1) is 34.4. The topological polar surface area (TPSA) is 134 Å². The summed E-state index contributed by atoms with van der Waals surface area (Å²) in [4.78, 5) is 41.5. The van der Waals surface area contributed by atoms with Gasteiger partial charge in [0.15, 0.2) is 0 Å². The fourth-order valence-electron chi connectivity index (χ4n) is 4.87. The number of carbonyl (C=O) groups excluding carboxylic acids is 2. The highest BCUT2D eigenvalue weighted by atomic mass is 16.6. The Hall–Kier alpha value is -4.52. The second kappa shape index (κ2) is 12.3. The number of hydrogen-bond donors (Lipinski definition) is 4. The summed E-state index contributed by atoms with van der Waals surface area (Å²) < 4.78 is 11.0. The lowest BCUT2D eigenvalue weighted by Crippen LogP contribution is -2.40. The van der Waals surface area contributed by atoms with Crippen LogP contribution in [0.1, 0.15) is 118 Å². The van der Waals surface area contributed by atoms with Gasteiger partial charge in [0.1, 0.15) is 22.9 Å². The van der Waals surface area contributed by atoms with E-state index in [0.29, 0.717) is 11.6 Å². The third-order valence-corrected chi connectivity index (χ3v) is 6.95. The molecule has 10 heteroatoms. The van der Waals surface area contributed by atoms with Crippen LogP contribution in [0, 0.1) is 22.7 Å². The van der Waals surface area contributed by atoms with Crippen LogP contribution in [-0.4, -0.2) is 43.3 Å². The number of benzene rings is 2. The molecule has 0 saturated heterocycles. The first-order valence-corrected chi connectivity index (χ1v) is 15.6. The summed E-state index contributed by atoms with van der Waals surface area (Å²) in [5.74, 6) is 7.80. The molecule has 4 rings (SSSR count). The molecule has 2 heterocycles. The number of rotatable bonds is 4. The first-order chi connectivity index (χ1) is 21.1. The van der Waals surface area contributed by atoms with Gasteiger partial charge in [0.25, 0.3) is 0 Å². The molecule has 0 spiro atoms. The van der Waals surface area contributed by atoms with Gasteiger partial charge in [-0.15, -0.1) is 0 Å². The predicted octanol–water partition coefficient (Wildman–Crippen LogP) is 8.06. The summed E-state index contributed by atoms with van der Waals surface area (Å²) in [6.45, 7) is 23.3. The number of H-pyrrole nitrogens is 2. The van der Waals surface area contributed by atoms with E-state index in [0.717, 1.165) is 33.2 Å². The maximum absolute atomic E-state index is 12.6. The minimum absolute atomic E-state index is 0.322. The third-order valence-electron chi connectivity index (χ3n) is 6.95. The number of nitrogens with zero attached hydrogens (tertiary/aromatic N) is 2. The van der Waals surface area contributed by atoms with Crippen LogP contribution < -0.4 is 10.6 Å². The van der Waals surface area contributed by atoms with Gasteiger partial charge >= 0.3 is 12.2 Å². The van der Waals surface area contributed by atoms with Crippen molar-refractivity contribution in [3.05, 3.63) is 59.2 Å². The lowest BCUT2D eigenvalue weighted by atomic mass is 9.86. The zero-order chi connectivity index (χ0) is 34.2. The molecule has 4 aromatic rings. The molecule has 0 fully saturated rings. The summed E-state index contributed by atoms with van der Waals surface area (Å²) in [7, 11) is 0. The number of hydrogen-bond acceptors (Lipinski definition) is 6. The van der Waals surface area contributed by atoms with E-state index in [1.807, 2.05) is 119 Å². The van der Waals surface area contributed by atoms with E-state index >= 15 is 0 Å². The van der Waals surface area contributed by atoms with Crippen molar-refractivity contribution in [1.82, 2.24) is 30.6 Å². The smallest absolute Gasteiger partial charge is 0.408 e. The lowest BCUT2D eigenvalue weighted by Gasteiger charge is -2.31. The second-order valence-corrected chi connectivity index (χ2v) is 15.8. The van der Waals surface area contributed by atoms with Gasteiger partial charge in [0, 0.05) is 11.1 Å². The zero-order valence-electron chi connectivity index (χ0n) is 29.1. The van der Waals surface area contributed by atoms with Crippen molar-refractivity contribution < 1.29 is 19.1 Å². The Morgan fingerprint density at radius 3 is 1.28 bits per heavy atom. The number of aromatic nitrogens is 4. The molecule has 0 aliphatic rings. The number of ether oxygens (including phenoxy) is 2. The lowest BCUT2D eigenvalue weighted by molar-refractivity contribution is 0.0448. The van der Waals surface area contributed by atoms with Gasteiger partial charge in [-0.05, 0) is 88.8 Å². The Bertz CT molecular complexity index is 1670. The quantitative estimate of drug-likeness (QED) is 0.169. The highest BCUT2D eigenvalue weighted by molar-refractivity contribution is 5.79. The Labute approximate surface area is 271 Å². The minimum Gasteiger partial charge on any atom is -0.444 e. The van der Waals surface area contributed by atoms with Crippen LogP contribution in [0.2, 0.25) is 0 Å². The van der Waals surface area contributed by atoms with Crippen LogP contribution in [0.5, 0.6) is 0 Å². The van der Waals surface area contributed by atoms with Crippen molar-refractivity contribution >= 4 is 34.3 Å². The van der Waals surface area contributed by atoms with Crippen molar-refractivity contribution in [2.75, 3.05) is 0 Å². The van der Waals surface area contributed by atoms with Crippen LogP contribution in [0.4, 0.5) is 9.59 Å². The fraction of sp³-hybridized carbons (Fsp3) is 0.500. The van der Waals surface area contributed by atoms with Crippen LogP contribution >= 0.6 is 0 Å². The van der Waals surface area contributed by atoms with E-state index in [2.05, 4.69) is 32.4 Å². The molecule has 46 heavy (non-hydrogen) atoms. The molecule has 10 nitrogen and oxygen atoms in total. The molecule has 4 N–H and O–H groups in total. The molecule has 0 aliphatic heterocycles. The highest BCUT2D eigenvalue weighted by Gasteiger charge is 2.33. The summed E-state index contributed by atoms with van der Waals surface area (Å²) in [5, 5.41) is 5.97. The third kappa shape index (κ3) is 9.03. The van der Waals surface area contributed by atoms with Gasteiger partial charge in [-0.2, -0.15) is 0 Å². The van der Waals surface area contributed by atoms with Gasteiger partial charge in [0.2, 0.25) is 0 Å². The standard InChI is InChI=1S/C36H48N6O4/c1-33(2,3)27(41-31(43)45-35(7,8)9)29-37-23-17-15-21(19-25(23)39-29)13-14-22-16-18-24-26(20-22)40-30(38-24)28(34(4,5)6)42-32(44)46-36(10,11)12/h15-20,27-28H,1-12H3,(H,37,39)(H,38,40)(H,41,43)(H,42,44)/t27-,28-/m1/s1. The maximum Gasteiger partial charge on any atom is 0.408 e. The normalized spacial score (nSPS) is 13.9. The summed E-state index contributed by atoms with van der Waals surface area (Å²) in [6, 6.07) is 10.8. The highest BCUT2D eigenvalue weighted by Crippen LogP contribution is 2.34. The number of nitrogens with one attached hydrogen (secondary N) is 4. The van der Waals surface area contributed by atoms with E-state index in [-0.39, 0.29) is 10.8 Å². The number of imidazole rings is 2. The van der Waals surface area contributed by atoms with E-state index in [1.54, 1.807) is 0 Å². The van der Waals surface area contributed by atoms with Crippen molar-refractivity contribution in [2.45, 2.75) is 106 Å². The molecular weight excluding hydrogens is 580 g/mol. The SMILES string of the molecule is CC(C)(C)OC(=O)N[C@H](c1nc2ccc(C#Cc3ccc4nc([C@@H](NC(=O)OC(C)(C)C)C(C)(C)C)[nH]c4c3)cc2[nH]1)C(C)(C)C. The second-order valence-electron chi connectivity index (χ2n) is 15.8. The molecule has 2 aromatic carbocycles. The molecule has 2 amide bonds. The molecule has 0 aliphatic carbocycles. The van der Waals surface area contributed by atoms with E-state index in [4.69, 9.17) is 19.4 Å². The van der Waals surface area contributed by atoms with Gasteiger partial charge in [0.05, 0.1) is 34.2 Å². The maximum atomic E-state index is 12.6. The van der Waals surface area contributed by atoms with Gasteiger partial charge < -0.3 is 30.1 Å². The molecule has 2 atom stereocenters. The molecular formula is C36H48N6O4. The number of alkyl carbamates (subject to hydrolysis) is 2. The Balaban J connectivity index is 1.57. The molecule has 2 aromatic heterocycles. The number of aromatic amines is 2. The van der Waals surface area contributed by atoms with Crippen molar-refractivity contribution in [2.24, 2.45) is 10.8 Å². The zero-order valence-corrected chi connectivity index (χ0v) is 29.1. The van der Waals surface area contributed by atoms with Gasteiger partial charge in [-0.25, -0.2) is 19.6 Å². The summed E-state index contributed by atoms with van der Waals surface area (Å²) >= 11 is 0. The summed E-state index contributed by atoms with van der Waals surface area (Å²) in [6.07, 6.45) is -0.983. The molecule has 0 radical (unpaired) electrons. The number of carbonyl (C=O) groups is 2. The average Bonchev–Trinajstić information content (AvgIpc) is 3.49. The Morgan fingerprint density at radius 2 is 0.978 bits per heavy atom. The predicted molar refractivity (Wildman–Crippen MR) is 181 cm³/mol. The van der Waals surface area contributed by atoms with Crippen LogP contribution in [0.15, 0.2) is 36.4 Å². The largest absolute Gasteiger partial charge is 0.444 e.